The van der Waals surface area contributed by atoms with E-state index in [2.05, 4.69) is 0 Å². The first-order valence-corrected chi connectivity index (χ1v) is 8.36. The number of rotatable bonds is 3. The molecule has 1 N–H and O–H groups in total. The van der Waals surface area contributed by atoms with Crippen LogP contribution in [-0.4, -0.2) is 23.4 Å². The van der Waals surface area contributed by atoms with Crippen molar-refractivity contribution < 1.29 is 32.0 Å². The quantitative estimate of drug-likeness (QED) is 0.762. The molecular weight excluding hydrogens is 369 g/mol. The van der Waals surface area contributed by atoms with Crippen molar-refractivity contribution in [1.29, 1.82) is 0 Å². The maximum Gasteiger partial charge on any atom is 0.430 e. The average Bonchev–Trinajstić information content (AvgIpc) is 2.98. The third kappa shape index (κ3) is 3.25. The van der Waals surface area contributed by atoms with Crippen LogP contribution in [-0.2, 0) is 4.79 Å². The highest BCUT2D eigenvalue weighted by Crippen LogP contribution is 2.44. The van der Waals surface area contributed by atoms with E-state index in [1.165, 1.54) is 12.1 Å². The molecule has 0 saturated carbocycles. The number of carboxylic acid groups (broad SMARTS) is 1. The van der Waals surface area contributed by atoms with E-state index in [-0.39, 0.29) is 22.1 Å². The SMILES string of the molecule is O=C(O)C1=Cc2cc(Cl)c(O[SH]3C=CC=C3)cc2OC1C(F)(F)F. The molecule has 0 radical (unpaired) electrons. The molecule has 0 fully saturated rings. The first-order valence-electron chi connectivity index (χ1n) is 6.59. The van der Waals surface area contributed by atoms with Crippen molar-refractivity contribution in [1.82, 2.24) is 0 Å². The fraction of sp³-hybridized carbons (Fsp3) is 0.133. The summed E-state index contributed by atoms with van der Waals surface area (Å²) in [7, 11) is 0. The van der Waals surface area contributed by atoms with Crippen LogP contribution >= 0.6 is 22.8 Å². The Labute approximate surface area is 142 Å². The fourth-order valence-corrected chi connectivity index (χ4v) is 3.58. The van der Waals surface area contributed by atoms with Gasteiger partial charge >= 0.3 is 12.1 Å². The lowest BCUT2D eigenvalue weighted by Crippen LogP contribution is -2.40. The second-order valence-electron chi connectivity index (χ2n) is 4.90. The van der Waals surface area contributed by atoms with Crippen LogP contribution in [0.4, 0.5) is 13.2 Å². The van der Waals surface area contributed by atoms with Crippen molar-refractivity contribution in [2.45, 2.75) is 12.3 Å². The van der Waals surface area contributed by atoms with E-state index >= 15 is 0 Å². The predicted molar refractivity (Wildman–Crippen MR) is 85.4 cm³/mol. The molecule has 0 spiro atoms. The summed E-state index contributed by atoms with van der Waals surface area (Å²) < 4.78 is 49.7. The van der Waals surface area contributed by atoms with Crippen LogP contribution in [0.3, 0.4) is 0 Å². The Morgan fingerprint density at radius 2 is 1.96 bits per heavy atom. The number of alkyl halides is 3. The molecule has 0 aliphatic carbocycles. The summed E-state index contributed by atoms with van der Waals surface area (Å²) in [5.41, 5.74) is -0.749. The number of ether oxygens (including phenoxy) is 1. The molecule has 0 bridgehead atoms. The summed E-state index contributed by atoms with van der Waals surface area (Å²) in [4.78, 5) is 11.1. The Morgan fingerprint density at radius 3 is 2.54 bits per heavy atom. The Hall–Kier alpha value is -2.06. The summed E-state index contributed by atoms with van der Waals surface area (Å²) in [5.74, 6) is -1.67. The Kier molecular flexibility index (Phi) is 4.27. The number of allylic oxidation sites excluding steroid dienone is 2. The van der Waals surface area contributed by atoms with Gasteiger partial charge in [0.25, 0.3) is 0 Å². The summed E-state index contributed by atoms with van der Waals surface area (Å²) in [6.45, 7) is 0. The number of carboxylic acids is 1. The molecule has 128 valence electrons. The van der Waals surface area contributed by atoms with Crippen molar-refractivity contribution in [2.75, 3.05) is 0 Å². The zero-order valence-electron chi connectivity index (χ0n) is 11.7. The zero-order valence-corrected chi connectivity index (χ0v) is 13.4. The van der Waals surface area contributed by atoms with Gasteiger partial charge in [-0.15, -0.1) is 0 Å². The van der Waals surface area contributed by atoms with E-state index in [0.29, 0.717) is 0 Å². The van der Waals surface area contributed by atoms with Gasteiger partial charge in [-0.3, -0.25) is 0 Å². The lowest BCUT2D eigenvalue weighted by molar-refractivity contribution is -0.187. The van der Waals surface area contributed by atoms with Crippen molar-refractivity contribution in [2.24, 2.45) is 0 Å². The second-order valence-corrected chi connectivity index (χ2v) is 6.80. The number of thiol groups is 1. The van der Waals surface area contributed by atoms with Crippen molar-refractivity contribution in [3.05, 3.63) is 51.3 Å². The maximum absolute atomic E-state index is 13.1. The van der Waals surface area contributed by atoms with Gasteiger partial charge in [0.1, 0.15) is 5.75 Å². The first kappa shape index (κ1) is 16.8. The van der Waals surface area contributed by atoms with Crippen LogP contribution in [0.2, 0.25) is 5.02 Å². The number of aliphatic carboxylic acids is 1. The highest BCUT2D eigenvalue weighted by molar-refractivity contribution is 8.18. The molecule has 0 amide bonds. The van der Waals surface area contributed by atoms with Gasteiger partial charge in [0.15, 0.2) is 5.75 Å². The zero-order chi connectivity index (χ0) is 17.5. The van der Waals surface area contributed by atoms with Crippen LogP contribution in [0.25, 0.3) is 6.08 Å². The molecule has 24 heavy (non-hydrogen) atoms. The molecule has 2 aliphatic rings. The van der Waals surface area contributed by atoms with Crippen LogP contribution < -0.4 is 8.92 Å². The fourth-order valence-electron chi connectivity index (χ4n) is 2.18. The molecule has 1 unspecified atom stereocenters. The molecule has 4 nitrogen and oxygen atoms in total. The van der Waals surface area contributed by atoms with Gasteiger partial charge in [0.05, 0.1) is 10.6 Å². The minimum atomic E-state index is -4.86. The number of hydrogen-bond donors (Lipinski definition) is 2. The van der Waals surface area contributed by atoms with E-state index in [1.54, 1.807) is 23.0 Å². The highest BCUT2D eigenvalue weighted by atomic mass is 35.5. The van der Waals surface area contributed by atoms with E-state index in [1.807, 2.05) is 0 Å². The van der Waals surface area contributed by atoms with Gasteiger partial charge in [-0.1, -0.05) is 34.9 Å². The third-order valence-electron chi connectivity index (χ3n) is 3.23. The minimum absolute atomic E-state index is 0.135. The van der Waals surface area contributed by atoms with Crippen LogP contribution in [0.1, 0.15) is 5.56 Å². The Morgan fingerprint density at radius 1 is 1.29 bits per heavy atom. The molecule has 3 rings (SSSR count). The van der Waals surface area contributed by atoms with Gasteiger partial charge in [0.2, 0.25) is 6.10 Å². The standard InChI is InChI=1S/C15H10ClF3O4S/c16-10-6-8-5-9(14(20)21)13(15(17,18)19)22-11(8)7-12(10)23-24-3-1-2-4-24/h1-7,13,24H,(H,20,21). The lowest BCUT2D eigenvalue weighted by Gasteiger charge is -2.27. The van der Waals surface area contributed by atoms with E-state index in [4.69, 9.17) is 25.6 Å². The van der Waals surface area contributed by atoms with E-state index in [9.17, 15) is 18.0 Å². The van der Waals surface area contributed by atoms with Crippen LogP contribution in [0.5, 0.6) is 11.5 Å². The van der Waals surface area contributed by atoms with Crippen molar-refractivity contribution >= 4 is 34.8 Å². The van der Waals surface area contributed by atoms with Gasteiger partial charge < -0.3 is 14.0 Å². The maximum atomic E-state index is 13.1. The number of fused-ring (bicyclic) bond motifs is 1. The van der Waals surface area contributed by atoms with Gasteiger partial charge in [0, 0.05) is 11.6 Å². The molecule has 1 aromatic rings. The number of benzene rings is 1. The molecule has 1 atom stereocenters. The Bertz CT molecular complexity index is 774. The molecular formula is C15H10ClF3O4S. The van der Waals surface area contributed by atoms with Crippen molar-refractivity contribution in [3.8, 4) is 11.5 Å². The van der Waals surface area contributed by atoms with E-state index in [0.717, 1.165) is 6.08 Å². The third-order valence-corrected chi connectivity index (χ3v) is 4.86. The second kappa shape index (κ2) is 6.10. The van der Waals surface area contributed by atoms with Gasteiger partial charge in [-0.2, -0.15) is 13.2 Å². The van der Waals surface area contributed by atoms with Gasteiger partial charge in [-0.25, -0.2) is 4.79 Å². The summed E-state index contributed by atoms with van der Waals surface area (Å²) in [5, 5.41) is 12.7. The lowest BCUT2D eigenvalue weighted by atomic mass is 10.0. The summed E-state index contributed by atoms with van der Waals surface area (Å²) in [6, 6.07) is 2.56. The summed E-state index contributed by atoms with van der Waals surface area (Å²) in [6.07, 6.45) is -2.92. The molecule has 9 heteroatoms. The molecule has 2 heterocycles. The first-order chi connectivity index (χ1) is 11.3. The number of carbonyl (C=O) groups is 1. The highest BCUT2D eigenvalue weighted by Gasteiger charge is 2.48. The predicted octanol–water partition coefficient (Wildman–Crippen LogP) is 4.47. The van der Waals surface area contributed by atoms with Crippen molar-refractivity contribution in [3.63, 3.8) is 0 Å². The topological polar surface area (TPSA) is 55.8 Å². The molecule has 1 aromatic carbocycles. The number of hydrogen-bond acceptors (Lipinski definition) is 3. The normalized spacial score (nSPS) is 20.4. The molecule has 0 saturated heterocycles. The minimum Gasteiger partial charge on any atom is -0.478 e. The number of halogens is 4. The molecule has 2 aliphatic heterocycles. The Balaban J connectivity index is 1.99. The van der Waals surface area contributed by atoms with E-state index < -0.39 is 35.0 Å². The smallest absolute Gasteiger partial charge is 0.430 e. The average molecular weight is 379 g/mol. The van der Waals surface area contributed by atoms with Gasteiger partial charge in [-0.05, 0) is 23.0 Å². The summed E-state index contributed by atoms with van der Waals surface area (Å²) >= 11 is 5.04. The molecule has 0 aromatic heterocycles. The monoisotopic (exact) mass is 378 g/mol. The largest absolute Gasteiger partial charge is 0.478 e. The van der Waals surface area contributed by atoms with Crippen LogP contribution in [0, 0.1) is 0 Å². The van der Waals surface area contributed by atoms with Crippen LogP contribution in [0.15, 0.2) is 40.7 Å².